The fraction of sp³-hybridized carbons (Fsp3) is 0.650. The molecule has 144 valence electrons. The van der Waals surface area contributed by atoms with Crippen molar-refractivity contribution in [2.45, 2.75) is 51.9 Å². The number of nitriles is 1. The van der Waals surface area contributed by atoms with E-state index in [2.05, 4.69) is 25.1 Å². The summed E-state index contributed by atoms with van der Waals surface area (Å²) in [6, 6.07) is 6.48. The lowest BCUT2D eigenvalue weighted by Gasteiger charge is -2.37. The highest BCUT2D eigenvalue weighted by Crippen LogP contribution is 2.28. The number of hydroxylamine groups is 2. The van der Waals surface area contributed by atoms with Crippen LogP contribution in [0.25, 0.3) is 0 Å². The van der Waals surface area contributed by atoms with Gasteiger partial charge in [-0.3, -0.25) is 4.84 Å². The highest BCUT2D eigenvalue weighted by Gasteiger charge is 2.38. The van der Waals surface area contributed by atoms with E-state index >= 15 is 0 Å². The van der Waals surface area contributed by atoms with Crippen LogP contribution in [0.3, 0.4) is 0 Å². The van der Waals surface area contributed by atoms with Gasteiger partial charge in [-0.25, -0.2) is 0 Å². The lowest BCUT2D eigenvalue weighted by molar-refractivity contribution is -0.225. The number of hydrogen-bond acceptors (Lipinski definition) is 6. The third-order valence-corrected chi connectivity index (χ3v) is 4.88. The Labute approximate surface area is 156 Å². The Bertz CT molecular complexity index is 610. The van der Waals surface area contributed by atoms with Crippen LogP contribution < -0.4 is 0 Å². The third kappa shape index (κ3) is 5.50. The van der Waals surface area contributed by atoms with Crippen molar-refractivity contribution in [2.75, 3.05) is 33.4 Å². The van der Waals surface area contributed by atoms with Gasteiger partial charge in [-0.05, 0) is 37.5 Å². The number of hydrogen-bond donors (Lipinski definition) is 1. The number of aryl methyl sites for hydroxylation is 3. The van der Waals surface area contributed by atoms with Gasteiger partial charge < -0.3 is 14.6 Å². The van der Waals surface area contributed by atoms with Gasteiger partial charge in [0.2, 0.25) is 0 Å². The van der Waals surface area contributed by atoms with Crippen molar-refractivity contribution in [1.82, 2.24) is 5.06 Å². The van der Waals surface area contributed by atoms with Crippen LogP contribution in [-0.4, -0.2) is 55.5 Å². The highest BCUT2D eigenvalue weighted by atomic mass is 16.7. The number of ether oxygens (including phenoxy) is 2. The number of methoxy groups -OCH3 is 1. The van der Waals surface area contributed by atoms with Crippen LogP contribution in [0.5, 0.6) is 0 Å². The monoisotopic (exact) mass is 362 g/mol. The molecule has 0 aliphatic carbocycles. The minimum absolute atomic E-state index is 0.384. The zero-order valence-electron chi connectivity index (χ0n) is 16.2. The van der Waals surface area contributed by atoms with Crippen molar-refractivity contribution >= 4 is 0 Å². The van der Waals surface area contributed by atoms with Gasteiger partial charge in [0.15, 0.2) is 11.9 Å². The van der Waals surface area contributed by atoms with Gasteiger partial charge in [0.05, 0.1) is 19.3 Å². The van der Waals surface area contributed by atoms with Crippen LogP contribution in [0.15, 0.2) is 12.1 Å². The Hall–Kier alpha value is -1.49. The van der Waals surface area contributed by atoms with Crippen molar-refractivity contribution in [3.63, 3.8) is 0 Å². The second kappa shape index (κ2) is 9.45. The smallest absolute Gasteiger partial charge is 0.160 e. The molecule has 1 heterocycles. The number of piperidine rings is 1. The first kappa shape index (κ1) is 20.8. The van der Waals surface area contributed by atoms with Crippen LogP contribution in [0, 0.1) is 32.1 Å². The molecule has 1 aliphatic heterocycles. The summed E-state index contributed by atoms with van der Waals surface area (Å²) in [7, 11) is 1.63. The number of rotatable bonds is 8. The van der Waals surface area contributed by atoms with Gasteiger partial charge >= 0.3 is 0 Å². The van der Waals surface area contributed by atoms with E-state index in [1.54, 1.807) is 7.11 Å². The maximum Gasteiger partial charge on any atom is 0.160 e. The summed E-state index contributed by atoms with van der Waals surface area (Å²) in [5.41, 5.74) is 3.59. The topological polar surface area (TPSA) is 75.0 Å². The minimum Gasteiger partial charge on any atom is -0.382 e. The van der Waals surface area contributed by atoms with Crippen LogP contribution in [-0.2, 0) is 20.7 Å². The molecule has 1 unspecified atom stereocenters. The molecule has 2 rings (SSSR count). The summed E-state index contributed by atoms with van der Waals surface area (Å²) in [6.45, 7) is 8.34. The van der Waals surface area contributed by atoms with E-state index in [0.29, 0.717) is 45.6 Å². The summed E-state index contributed by atoms with van der Waals surface area (Å²) in [6.07, 6.45) is 0.379. The molecule has 1 N–H and O–H groups in total. The van der Waals surface area contributed by atoms with Gasteiger partial charge in [-0.2, -0.15) is 10.3 Å². The Morgan fingerprint density at radius 2 is 1.81 bits per heavy atom. The van der Waals surface area contributed by atoms with E-state index in [-0.39, 0.29) is 0 Å². The first-order valence-electron chi connectivity index (χ1n) is 9.10. The number of aliphatic hydroxyl groups is 1. The van der Waals surface area contributed by atoms with Crippen LogP contribution in [0.2, 0.25) is 0 Å². The molecule has 6 nitrogen and oxygen atoms in total. The van der Waals surface area contributed by atoms with E-state index in [0.717, 1.165) is 16.7 Å². The van der Waals surface area contributed by atoms with Gasteiger partial charge in [-0.15, -0.1) is 0 Å². The largest absolute Gasteiger partial charge is 0.382 e. The van der Waals surface area contributed by atoms with Gasteiger partial charge in [0.1, 0.15) is 0 Å². The summed E-state index contributed by atoms with van der Waals surface area (Å²) in [5.74, 6) is 0. The fourth-order valence-corrected chi connectivity index (χ4v) is 3.49. The normalized spacial score (nSPS) is 18.5. The molecular weight excluding hydrogens is 332 g/mol. The third-order valence-electron chi connectivity index (χ3n) is 4.88. The highest BCUT2D eigenvalue weighted by molar-refractivity contribution is 5.37. The van der Waals surface area contributed by atoms with E-state index < -0.39 is 11.9 Å². The maximum absolute atomic E-state index is 10.5. The predicted molar refractivity (Wildman–Crippen MR) is 98.4 cm³/mol. The quantitative estimate of drug-likeness (QED) is 0.565. The average Bonchev–Trinajstić information content (AvgIpc) is 2.60. The summed E-state index contributed by atoms with van der Waals surface area (Å²) < 4.78 is 10.8. The fourth-order valence-electron chi connectivity index (χ4n) is 3.49. The lowest BCUT2D eigenvalue weighted by Crippen LogP contribution is -2.47. The van der Waals surface area contributed by atoms with Gasteiger partial charge in [-0.1, -0.05) is 17.7 Å². The van der Waals surface area contributed by atoms with Crippen molar-refractivity contribution in [1.29, 1.82) is 5.26 Å². The molecule has 0 radical (unpaired) electrons. The molecule has 1 atom stereocenters. The first-order chi connectivity index (χ1) is 12.4. The summed E-state index contributed by atoms with van der Waals surface area (Å²) in [5, 5.41) is 21.9. The van der Waals surface area contributed by atoms with E-state index in [1.165, 1.54) is 5.56 Å². The van der Waals surface area contributed by atoms with Crippen molar-refractivity contribution in [3.8, 4) is 6.07 Å². The molecule has 0 saturated carbocycles. The van der Waals surface area contributed by atoms with E-state index in [9.17, 15) is 10.4 Å². The first-order valence-corrected chi connectivity index (χ1v) is 9.10. The Balaban J connectivity index is 1.93. The maximum atomic E-state index is 10.5. The molecule has 6 heteroatoms. The van der Waals surface area contributed by atoms with Crippen molar-refractivity contribution < 1.29 is 19.4 Å². The lowest BCUT2D eigenvalue weighted by atomic mass is 9.93. The predicted octanol–water partition coefficient (Wildman–Crippen LogP) is 2.43. The molecule has 0 spiro atoms. The zero-order chi connectivity index (χ0) is 19.2. The molecule has 0 amide bonds. The average molecular weight is 362 g/mol. The van der Waals surface area contributed by atoms with E-state index in [1.807, 2.05) is 18.9 Å². The molecule has 1 aromatic carbocycles. The SMILES string of the molecule is COCCON1CCC(C#N)(OC(O)Cc2c(C)cc(C)cc2C)CC1. The molecule has 1 saturated heterocycles. The summed E-state index contributed by atoms with van der Waals surface area (Å²) in [4.78, 5) is 5.59. The van der Waals surface area contributed by atoms with Crippen LogP contribution in [0.4, 0.5) is 0 Å². The van der Waals surface area contributed by atoms with Crippen molar-refractivity contribution in [2.24, 2.45) is 0 Å². The number of nitrogens with zero attached hydrogens (tertiary/aromatic N) is 2. The molecule has 0 bridgehead atoms. The minimum atomic E-state index is -1.00. The number of aliphatic hydroxyl groups excluding tert-OH is 1. The second-order valence-electron chi connectivity index (χ2n) is 7.02. The van der Waals surface area contributed by atoms with Crippen LogP contribution >= 0.6 is 0 Å². The Kier molecular flexibility index (Phi) is 7.56. The number of benzene rings is 1. The molecule has 1 aromatic rings. The molecule has 26 heavy (non-hydrogen) atoms. The second-order valence-corrected chi connectivity index (χ2v) is 7.02. The Morgan fingerprint density at radius 3 is 2.35 bits per heavy atom. The Morgan fingerprint density at radius 1 is 1.19 bits per heavy atom. The van der Waals surface area contributed by atoms with Crippen molar-refractivity contribution in [3.05, 3.63) is 34.4 Å². The zero-order valence-corrected chi connectivity index (χ0v) is 16.2. The molecular formula is C20H30N2O4. The molecule has 0 aromatic heterocycles. The van der Waals surface area contributed by atoms with Crippen LogP contribution in [0.1, 0.15) is 35.1 Å². The molecule has 1 fully saturated rings. The van der Waals surface area contributed by atoms with E-state index in [4.69, 9.17) is 14.3 Å². The molecule has 1 aliphatic rings. The summed E-state index contributed by atoms with van der Waals surface area (Å²) >= 11 is 0. The van der Waals surface area contributed by atoms with Gasteiger partial charge in [0, 0.05) is 39.5 Å². The van der Waals surface area contributed by atoms with Gasteiger partial charge in [0.25, 0.3) is 0 Å². The standard InChI is InChI=1S/C20H30N2O4/c1-15-11-16(2)18(17(3)12-15)13-19(23)26-20(14-21)5-7-22(8-6-20)25-10-9-24-4/h11-12,19,23H,5-10,13H2,1-4H3.